The molecule has 0 unspecified atom stereocenters. The minimum atomic E-state index is 0.677. The molecule has 23 heavy (non-hydrogen) atoms. The third-order valence-corrected chi connectivity index (χ3v) is 4.24. The van der Waals surface area contributed by atoms with Crippen LogP contribution in [0.5, 0.6) is 0 Å². The average molecular weight is 337 g/mol. The fraction of sp³-hybridized carbons (Fsp3) is 0.588. The molecule has 1 N–H and O–H groups in total. The molecule has 2 rings (SSSR count). The van der Waals surface area contributed by atoms with E-state index < -0.39 is 0 Å². The second kappa shape index (κ2) is 9.70. The van der Waals surface area contributed by atoms with Crippen molar-refractivity contribution >= 4 is 17.3 Å². The zero-order chi connectivity index (χ0) is 16.5. The van der Waals surface area contributed by atoms with E-state index in [2.05, 4.69) is 21.7 Å². The maximum absolute atomic E-state index is 5.69. The van der Waals surface area contributed by atoms with Gasteiger partial charge in [0.1, 0.15) is 11.5 Å². The lowest BCUT2D eigenvalue weighted by Gasteiger charge is -2.29. The van der Waals surface area contributed by atoms with Crippen LogP contribution in [0.15, 0.2) is 29.2 Å². The number of furan rings is 1. The summed E-state index contributed by atoms with van der Waals surface area (Å²) in [6.07, 6.45) is 2.88. The second-order valence-electron chi connectivity index (χ2n) is 5.72. The molecule has 5 nitrogen and oxygen atoms in total. The summed E-state index contributed by atoms with van der Waals surface area (Å²) in [5, 5.41) is 3.96. The SMILES string of the molecule is C=CCNC(=S)N(CCCN1CCOCC1)Cc1ccc(C)o1. The van der Waals surface area contributed by atoms with E-state index in [-0.39, 0.29) is 0 Å². The Balaban J connectivity index is 1.84. The molecule has 0 amide bonds. The first-order valence-electron chi connectivity index (χ1n) is 8.18. The predicted octanol–water partition coefficient (Wildman–Crippen LogP) is 2.17. The Kier molecular flexibility index (Phi) is 7.58. The average Bonchev–Trinajstić information content (AvgIpc) is 2.97. The van der Waals surface area contributed by atoms with Gasteiger partial charge in [0, 0.05) is 32.7 Å². The summed E-state index contributed by atoms with van der Waals surface area (Å²) in [5.41, 5.74) is 0. The summed E-state index contributed by atoms with van der Waals surface area (Å²) < 4.78 is 11.1. The number of hydrogen-bond acceptors (Lipinski definition) is 4. The first-order valence-corrected chi connectivity index (χ1v) is 8.59. The molecular weight excluding hydrogens is 310 g/mol. The van der Waals surface area contributed by atoms with Gasteiger partial charge in [-0.05, 0) is 37.7 Å². The standard InChI is InChI=1S/C17H27N3O2S/c1-3-7-18-17(23)20(14-16-6-5-15(2)22-16)9-4-8-19-10-12-21-13-11-19/h3,5-6H,1,4,7-14H2,2H3,(H,18,23). The third-order valence-electron chi connectivity index (χ3n) is 3.83. The Morgan fingerprint density at radius 2 is 2.22 bits per heavy atom. The number of ether oxygens (including phenoxy) is 1. The molecule has 1 fully saturated rings. The van der Waals surface area contributed by atoms with Gasteiger partial charge in [0.15, 0.2) is 5.11 Å². The first-order chi connectivity index (χ1) is 11.2. The van der Waals surface area contributed by atoms with Gasteiger partial charge in [-0.25, -0.2) is 0 Å². The summed E-state index contributed by atoms with van der Waals surface area (Å²) in [6.45, 7) is 12.8. The number of hydrogen-bond donors (Lipinski definition) is 1. The van der Waals surface area contributed by atoms with Gasteiger partial charge >= 0.3 is 0 Å². The quantitative estimate of drug-likeness (QED) is 0.579. The highest BCUT2D eigenvalue weighted by molar-refractivity contribution is 7.80. The number of aryl methyl sites for hydroxylation is 1. The number of morpholine rings is 1. The maximum atomic E-state index is 5.69. The second-order valence-corrected chi connectivity index (χ2v) is 6.10. The van der Waals surface area contributed by atoms with Crippen molar-refractivity contribution in [2.24, 2.45) is 0 Å². The number of rotatable bonds is 8. The van der Waals surface area contributed by atoms with Crippen molar-refractivity contribution in [3.63, 3.8) is 0 Å². The van der Waals surface area contributed by atoms with Gasteiger partial charge in [0.25, 0.3) is 0 Å². The lowest BCUT2D eigenvalue weighted by atomic mass is 10.3. The highest BCUT2D eigenvalue weighted by Crippen LogP contribution is 2.11. The van der Waals surface area contributed by atoms with Gasteiger partial charge in [0.05, 0.1) is 19.8 Å². The number of thiocarbonyl (C=S) groups is 1. The zero-order valence-corrected chi connectivity index (χ0v) is 14.7. The van der Waals surface area contributed by atoms with Gasteiger partial charge < -0.3 is 19.4 Å². The van der Waals surface area contributed by atoms with Crippen molar-refractivity contribution in [1.82, 2.24) is 15.1 Å². The van der Waals surface area contributed by atoms with Gasteiger partial charge in [-0.3, -0.25) is 4.90 Å². The van der Waals surface area contributed by atoms with Crippen molar-refractivity contribution in [1.29, 1.82) is 0 Å². The zero-order valence-electron chi connectivity index (χ0n) is 13.9. The van der Waals surface area contributed by atoms with E-state index in [1.165, 1.54) is 0 Å². The van der Waals surface area contributed by atoms with E-state index in [1.54, 1.807) is 0 Å². The van der Waals surface area contributed by atoms with Crippen LogP contribution in [-0.4, -0.2) is 60.8 Å². The summed E-state index contributed by atoms with van der Waals surface area (Å²) >= 11 is 5.51. The van der Waals surface area contributed by atoms with E-state index in [0.29, 0.717) is 13.1 Å². The minimum Gasteiger partial charge on any atom is -0.464 e. The summed E-state index contributed by atoms with van der Waals surface area (Å²) in [6, 6.07) is 4.00. The van der Waals surface area contributed by atoms with E-state index in [1.807, 2.05) is 25.1 Å². The van der Waals surface area contributed by atoms with Gasteiger partial charge in [-0.1, -0.05) is 6.08 Å². The highest BCUT2D eigenvalue weighted by atomic mass is 32.1. The van der Waals surface area contributed by atoms with Crippen LogP contribution < -0.4 is 5.32 Å². The van der Waals surface area contributed by atoms with Crippen LogP contribution in [0.4, 0.5) is 0 Å². The molecule has 0 spiro atoms. The Morgan fingerprint density at radius 3 is 2.87 bits per heavy atom. The highest BCUT2D eigenvalue weighted by Gasteiger charge is 2.14. The van der Waals surface area contributed by atoms with E-state index in [0.717, 1.165) is 62.4 Å². The monoisotopic (exact) mass is 337 g/mol. The fourth-order valence-electron chi connectivity index (χ4n) is 2.59. The predicted molar refractivity (Wildman–Crippen MR) is 96.5 cm³/mol. The normalized spacial score (nSPS) is 15.3. The minimum absolute atomic E-state index is 0.677. The molecule has 1 aromatic rings. The van der Waals surface area contributed by atoms with Crippen LogP contribution in [0.1, 0.15) is 17.9 Å². The molecule has 1 aromatic heterocycles. The van der Waals surface area contributed by atoms with Crippen molar-refractivity contribution in [3.05, 3.63) is 36.3 Å². The van der Waals surface area contributed by atoms with Gasteiger partial charge in [-0.2, -0.15) is 0 Å². The van der Waals surface area contributed by atoms with E-state index in [4.69, 9.17) is 21.4 Å². The summed E-state index contributed by atoms with van der Waals surface area (Å²) in [7, 11) is 0. The summed E-state index contributed by atoms with van der Waals surface area (Å²) in [4.78, 5) is 4.61. The molecule has 6 heteroatoms. The van der Waals surface area contributed by atoms with E-state index in [9.17, 15) is 0 Å². The Labute approximate surface area is 144 Å². The summed E-state index contributed by atoms with van der Waals surface area (Å²) in [5.74, 6) is 1.87. The largest absolute Gasteiger partial charge is 0.464 e. The first kappa shape index (κ1) is 18.0. The van der Waals surface area contributed by atoms with Gasteiger partial charge in [-0.15, -0.1) is 6.58 Å². The molecule has 2 heterocycles. The van der Waals surface area contributed by atoms with Crippen LogP contribution in [0.25, 0.3) is 0 Å². The van der Waals surface area contributed by atoms with Crippen molar-refractivity contribution in [3.8, 4) is 0 Å². The molecule has 0 atom stereocenters. The molecule has 0 aromatic carbocycles. The Hall–Kier alpha value is -1.37. The van der Waals surface area contributed by atoms with Crippen molar-refractivity contribution in [2.75, 3.05) is 45.9 Å². The molecular formula is C17H27N3O2S. The van der Waals surface area contributed by atoms with E-state index >= 15 is 0 Å². The maximum Gasteiger partial charge on any atom is 0.169 e. The number of nitrogens with zero attached hydrogens (tertiary/aromatic N) is 2. The molecule has 1 aliphatic heterocycles. The molecule has 0 bridgehead atoms. The van der Waals surface area contributed by atoms with Gasteiger partial charge in [0.2, 0.25) is 0 Å². The molecule has 0 aliphatic carbocycles. The van der Waals surface area contributed by atoms with Crippen molar-refractivity contribution in [2.45, 2.75) is 19.9 Å². The number of nitrogens with one attached hydrogen (secondary N) is 1. The smallest absolute Gasteiger partial charge is 0.169 e. The molecule has 1 saturated heterocycles. The van der Waals surface area contributed by atoms with Crippen LogP contribution in [0.2, 0.25) is 0 Å². The fourth-order valence-corrected chi connectivity index (χ4v) is 2.83. The van der Waals surface area contributed by atoms with Crippen LogP contribution in [0, 0.1) is 6.92 Å². The molecule has 128 valence electrons. The molecule has 1 aliphatic rings. The van der Waals surface area contributed by atoms with Crippen LogP contribution >= 0.6 is 12.2 Å². The van der Waals surface area contributed by atoms with Crippen molar-refractivity contribution < 1.29 is 9.15 Å². The molecule has 0 radical (unpaired) electrons. The lowest BCUT2D eigenvalue weighted by Crippen LogP contribution is -2.42. The lowest BCUT2D eigenvalue weighted by molar-refractivity contribution is 0.0367. The van der Waals surface area contributed by atoms with Crippen LogP contribution in [0.3, 0.4) is 0 Å². The topological polar surface area (TPSA) is 40.9 Å². The molecule has 0 saturated carbocycles. The van der Waals surface area contributed by atoms with Crippen LogP contribution in [-0.2, 0) is 11.3 Å². The Morgan fingerprint density at radius 1 is 1.43 bits per heavy atom. The third kappa shape index (κ3) is 6.33. The Bertz CT molecular complexity index is 498.